The summed E-state index contributed by atoms with van der Waals surface area (Å²) in [4.78, 5) is 0. The first-order valence-corrected chi connectivity index (χ1v) is 6.92. The molecule has 0 aromatic heterocycles. The minimum Gasteiger partial charge on any atom is -0.389 e. The third kappa shape index (κ3) is 3.44. The van der Waals surface area contributed by atoms with Gasteiger partial charge in [0.2, 0.25) is 10.0 Å². The second kappa shape index (κ2) is 4.66. The van der Waals surface area contributed by atoms with Crippen LogP contribution in [0.15, 0.2) is 24.3 Å². The van der Waals surface area contributed by atoms with Crippen molar-refractivity contribution in [3.8, 4) is 0 Å². The number of aliphatic hydroxyl groups is 1. The lowest BCUT2D eigenvalue weighted by atomic mass is 10.1. The van der Waals surface area contributed by atoms with Crippen molar-refractivity contribution in [3.63, 3.8) is 0 Å². The lowest BCUT2D eigenvalue weighted by Gasteiger charge is -2.20. The maximum absolute atomic E-state index is 11.9. The van der Waals surface area contributed by atoms with Gasteiger partial charge < -0.3 is 5.11 Å². The second-order valence-electron chi connectivity index (χ2n) is 5.02. The zero-order valence-corrected chi connectivity index (χ0v) is 11.4. The maximum Gasteiger partial charge on any atom is 0.237 e. The van der Waals surface area contributed by atoms with Crippen molar-refractivity contribution in [2.24, 2.45) is 0 Å². The van der Waals surface area contributed by atoms with E-state index in [-0.39, 0.29) is 0 Å². The van der Waals surface area contributed by atoms with Crippen LogP contribution in [-0.2, 0) is 10.0 Å². The van der Waals surface area contributed by atoms with Crippen molar-refractivity contribution in [2.75, 3.05) is 4.72 Å². The molecule has 17 heavy (non-hydrogen) atoms. The van der Waals surface area contributed by atoms with Gasteiger partial charge in [0.05, 0.1) is 10.9 Å². The van der Waals surface area contributed by atoms with Crippen LogP contribution in [0.2, 0.25) is 0 Å². The topological polar surface area (TPSA) is 66.4 Å². The first-order chi connectivity index (χ1) is 7.63. The summed E-state index contributed by atoms with van der Waals surface area (Å²) < 4.78 is 25.5. The van der Waals surface area contributed by atoms with Crippen LogP contribution >= 0.6 is 0 Å². The molecule has 4 nitrogen and oxygen atoms in total. The van der Waals surface area contributed by atoms with Gasteiger partial charge in [-0.1, -0.05) is 12.1 Å². The number of hydrogen-bond donors (Lipinski definition) is 2. The Hall–Kier alpha value is -1.07. The molecule has 1 aromatic rings. The number of anilines is 1. The van der Waals surface area contributed by atoms with Gasteiger partial charge in [-0.05, 0) is 45.4 Å². The SMILES string of the molecule is CC(O)c1cccc(NS(=O)(=O)C(C)(C)C)c1. The highest BCUT2D eigenvalue weighted by Crippen LogP contribution is 2.22. The first kappa shape index (κ1) is 14.0. The van der Waals surface area contributed by atoms with Gasteiger partial charge in [-0.15, -0.1) is 0 Å². The third-order valence-electron chi connectivity index (χ3n) is 2.43. The highest BCUT2D eigenvalue weighted by Gasteiger charge is 2.28. The Morgan fingerprint density at radius 1 is 1.29 bits per heavy atom. The smallest absolute Gasteiger partial charge is 0.237 e. The molecule has 0 fully saturated rings. The molecule has 0 amide bonds. The van der Waals surface area contributed by atoms with Crippen LogP contribution in [0, 0.1) is 0 Å². The lowest BCUT2D eigenvalue weighted by molar-refractivity contribution is 0.199. The molecule has 1 atom stereocenters. The number of rotatable bonds is 3. The number of sulfonamides is 1. The van der Waals surface area contributed by atoms with E-state index in [9.17, 15) is 13.5 Å². The quantitative estimate of drug-likeness (QED) is 0.873. The predicted molar refractivity (Wildman–Crippen MR) is 69.4 cm³/mol. The van der Waals surface area contributed by atoms with Gasteiger partial charge in [-0.2, -0.15) is 0 Å². The molecule has 0 radical (unpaired) electrons. The van der Waals surface area contributed by atoms with Gasteiger partial charge in [0.1, 0.15) is 0 Å². The molecule has 5 heteroatoms. The molecule has 2 N–H and O–H groups in total. The molecule has 1 rings (SSSR count). The Labute approximate surface area is 103 Å². The summed E-state index contributed by atoms with van der Waals surface area (Å²) in [5.41, 5.74) is 1.15. The molecule has 0 saturated carbocycles. The van der Waals surface area contributed by atoms with E-state index in [0.717, 1.165) is 0 Å². The third-order valence-corrected chi connectivity index (χ3v) is 4.54. The number of hydrogen-bond acceptors (Lipinski definition) is 3. The summed E-state index contributed by atoms with van der Waals surface area (Å²) in [6, 6.07) is 6.76. The van der Waals surface area contributed by atoms with Crippen LogP contribution in [0.4, 0.5) is 5.69 Å². The van der Waals surface area contributed by atoms with Crippen LogP contribution in [0.3, 0.4) is 0 Å². The van der Waals surface area contributed by atoms with Crippen molar-refractivity contribution in [1.82, 2.24) is 0 Å². The molecule has 0 heterocycles. The van der Waals surface area contributed by atoms with Crippen molar-refractivity contribution in [2.45, 2.75) is 38.5 Å². The average molecular weight is 257 g/mol. The van der Waals surface area contributed by atoms with E-state index in [4.69, 9.17) is 0 Å². The Morgan fingerprint density at radius 2 is 1.88 bits per heavy atom. The van der Waals surface area contributed by atoms with Gasteiger partial charge >= 0.3 is 0 Å². The van der Waals surface area contributed by atoms with Gasteiger partial charge in [0, 0.05) is 5.69 Å². The molecule has 96 valence electrons. The summed E-state index contributed by atoms with van der Waals surface area (Å²) >= 11 is 0. The first-order valence-electron chi connectivity index (χ1n) is 5.44. The van der Waals surface area contributed by atoms with Gasteiger partial charge in [-0.3, -0.25) is 4.72 Å². The number of benzene rings is 1. The Balaban J connectivity index is 3.01. The van der Waals surface area contributed by atoms with E-state index in [1.807, 2.05) is 0 Å². The van der Waals surface area contributed by atoms with Gasteiger partial charge in [0.25, 0.3) is 0 Å². The van der Waals surface area contributed by atoms with Gasteiger partial charge in [-0.25, -0.2) is 8.42 Å². The molecule has 0 aliphatic heterocycles. The maximum atomic E-state index is 11.9. The van der Waals surface area contributed by atoms with Crippen molar-refractivity contribution >= 4 is 15.7 Å². The van der Waals surface area contributed by atoms with E-state index < -0.39 is 20.9 Å². The largest absolute Gasteiger partial charge is 0.389 e. The summed E-state index contributed by atoms with van der Waals surface area (Å²) in [5, 5.41) is 9.43. The molecule has 0 saturated heterocycles. The van der Waals surface area contributed by atoms with E-state index in [1.54, 1.807) is 52.0 Å². The molecule has 1 unspecified atom stereocenters. The van der Waals surface area contributed by atoms with E-state index in [2.05, 4.69) is 4.72 Å². The summed E-state index contributed by atoms with van der Waals surface area (Å²) in [6.45, 7) is 6.53. The Bertz CT molecular complexity index is 487. The highest BCUT2D eigenvalue weighted by molar-refractivity contribution is 7.94. The lowest BCUT2D eigenvalue weighted by Crippen LogP contribution is -2.33. The predicted octanol–water partition coefficient (Wildman–Crippen LogP) is 2.28. The Kier molecular flexibility index (Phi) is 3.84. The fraction of sp³-hybridized carbons (Fsp3) is 0.500. The van der Waals surface area contributed by atoms with E-state index >= 15 is 0 Å². The van der Waals surface area contributed by atoms with Crippen LogP contribution < -0.4 is 4.72 Å². The molecular weight excluding hydrogens is 238 g/mol. The van der Waals surface area contributed by atoms with Crippen LogP contribution in [-0.4, -0.2) is 18.3 Å². The summed E-state index contributed by atoms with van der Waals surface area (Å²) in [7, 11) is -3.42. The monoisotopic (exact) mass is 257 g/mol. The van der Waals surface area contributed by atoms with Gasteiger partial charge in [0.15, 0.2) is 0 Å². The van der Waals surface area contributed by atoms with E-state index in [0.29, 0.717) is 11.3 Å². The molecule has 1 aromatic carbocycles. The fourth-order valence-electron chi connectivity index (χ4n) is 1.17. The zero-order chi connectivity index (χ0) is 13.3. The normalized spacial score (nSPS) is 14.4. The average Bonchev–Trinajstić information content (AvgIpc) is 2.15. The van der Waals surface area contributed by atoms with Crippen molar-refractivity contribution in [3.05, 3.63) is 29.8 Å². The van der Waals surface area contributed by atoms with Crippen molar-refractivity contribution < 1.29 is 13.5 Å². The number of nitrogens with one attached hydrogen (secondary N) is 1. The second-order valence-corrected chi connectivity index (χ2v) is 7.46. The molecule has 0 spiro atoms. The van der Waals surface area contributed by atoms with Crippen LogP contribution in [0.5, 0.6) is 0 Å². The fourth-order valence-corrected chi connectivity index (χ4v) is 1.91. The van der Waals surface area contributed by atoms with Crippen LogP contribution in [0.25, 0.3) is 0 Å². The summed E-state index contributed by atoms with van der Waals surface area (Å²) in [6.07, 6.45) is -0.617. The zero-order valence-electron chi connectivity index (χ0n) is 10.6. The molecule has 0 aliphatic rings. The minimum absolute atomic E-state index is 0.471. The molecule has 0 bridgehead atoms. The number of aliphatic hydroxyl groups excluding tert-OH is 1. The minimum atomic E-state index is -3.42. The standard InChI is InChI=1S/C12H19NO3S/c1-9(14)10-6-5-7-11(8-10)13-17(15,16)12(2,3)4/h5-9,13-14H,1-4H3. The molecule has 0 aliphatic carbocycles. The molecular formula is C12H19NO3S. The van der Waals surface area contributed by atoms with E-state index in [1.165, 1.54) is 0 Å². The van der Waals surface area contributed by atoms with Crippen LogP contribution in [0.1, 0.15) is 39.4 Å². The summed E-state index contributed by atoms with van der Waals surface area (Å²) in [5.74, 6) is 0. The van der Waals surface area contributed by atoms with Crippen molar-refractivity contribution in [1.29, 1.82) is 0 Å². The Morgan fingerprint density at radius 3 is 2.35 bits per heavy atom. The highest BCUT2D eigenvalue weighted by atomic mass is 32.2.